The van der Waals surface area contributed by atoms with Crippen molar-refractivity contribution in [3.05, 3.63) is 0 Å². The summed E-state index contributed by atoms with van der Waals surface area (Å²) in [5, 5.41) is 0. The molecule has 10 heteroatoms. The van der Waals surface area contributed by atoms with Crippen molar-refractivity contribution >= 4 is 26.1 Å². The van der Waals surface area contributed by atoms with E-state index in [-0.39, 0.29) is 5.91 Å². The van der Waals surface area contributed by atoms with Crippen LogP contribution >= 0.6 is 0 Å². The standard InChI is InChI=1S/C2H5NO.C2H6O6S2/c1-2(3)4;3-9(4,5)1-2-10(6,7)8/h1H3,(H2,3,4);1-2H2,(H,3,4,5)(H,6,7,8). The van der Waals surface area contributed by atoms with Crippen molar-refractivity contribution in [3.63, 3.8) is 0 Å². The van der Waals surface area contributed by atoms with Crippen molar-refractivity contribution in [2.75, 3.05) is 11.5 Å². The Kier molecular flexibility index (Phi) is 6.64. The number of primary amides is 1. The summed E-state index contributed by atoms with van der Waals surface area (Å²) < 4.78 is 55.4. The molecule has 8 nitrogen and oxygen atoms in total. The lowest BCUT2D eigenvalue weighted by Gasteiger charge is -1.92. The second-order valence-corrected chi connectivity index (χ2v) is 5.33. The fourth-order valence-electron chi connectivity index (χ4n) is 0.211. The Balaban J connectivity index is 0. The van der Waals surface area contributed by atoms with Crippen LogP contribution in [0.3, 0.4) is 0 Å². The second-order valence-electron chi connectivity index (χ2n) is 2.18. The molecule has 0 aromatic heterocycles. The maximum absolute atomic E-state index is 9.86. The van der Waals surface area contributed by atoms with Gasteiger partial charge < -0.3 is 5.73 Å². The van der Waals surface area contributed by atoms with Gasteiger partial charge in [0.05, 0.1) is 11.5 Å². The van der Waals surface area contributed by atoms with Crippen molar-refractivity contribution in [1.29, 1.82) is 0 Å². The SMILES string of the molecule is CC(N)=O.O=S(=O)(O)CCS(=O)(=O)O. The smallest absolute Gasteiger partial charge is 0.265 e. The molecule has 0 saturated heterocycles. The molecule has 0 aliphatic rings. The van der Waals surface area contributed by atoms with Crippen LogP contribution in [0, 0.1) is 0 Å². The van der Waals surface area contributed by atoms with Crippen LogP contribution in [-0.4, -0.2) is 43.4 Å². The number of carbonyl (C=O) groups is 1. The zero-order valence-corrected chi connectivity index (χ0v) is 8.88. The third-order valence-corrected chi connectivity index (χ3v) is 2.30. The molecule has 0 unspecified atom stereocenters. The minimum Gasteiger partial charge on any atom is -0.370 e. The molecule has 86 valence electrons. The molecule has 0 atom stereocenters. The lowest BCUT2D eigenvalue weighted by molar-refractivity contribution is -0.115. The van der Waals surface area contributed by atoms with Gasteiger partial charge in [-0.3, -0.25) is 13.9 Å². The molecule has 0 bridgehead atoms. The lowest BCUT2D eigenvalue weighted by Crippen LogP contribution is -2.15. The van der Waals surface area contributed by atoms with E-state index in [0.717, 1.165) is 0 Å². The Hall–Kier alpha value is -0.710. The Labute approximate surface area is 81.6 Å². The van der Waals surface area contributed by atoms with Gasteiger partial charge in [0.15, 0.2) is 0 Å². The summed E-state index contributed by atoms with van der Waals surface area (Å²) in [7, 11) is -8.59. The molecule has 0 fully saturated rings. The van der Waals surface area contributed by atoms with Crippen LogP contribution < -0.4 is 5.73 Å². The molecular formula is C4H11NO7S2. The van der Waals surface area contributed by atoms with E-state index in [4.69, 9.17) is 9.11 Å². The number of rotatable bonds is 3. The lowest BCUT2D eigenvalue weighted by atomic mass is 10.8. The molecule has 0 aromatic rings. The maximum Gasteiger partial charge on any atom is 0.265 e. The Bertz CT molecular complexity index is 330. The average molecular weight is 249 g/mol. The van der Waals surface area contributed by atoms with Gasteiger partial charge in [-0.05, 0) is 0 Å². The highest BCUT2D eigenvalue weighted by Gasteiger charge is 2.11. The van der Waals surface area contributed by atoms with Gasteiger partial charge in [-0.1, -0.05) is 0 Å². The van der Waals surface area contributed by atoms with Crippen LogP contribution in [0.2, 0.25) is 0 Å². The maximum atomic E-state index is 9.86. The van der Waals surface area contributed by atoms with Gasteiger partial charge in [-0.25, -0.2) is 0 Å². The van der Waals surface area contributed by atoms with Crippen molar-refractivity contribution < 1.29 is 30.7 Å². The summed E-state index contributed by atoms with van der Waals surface area (Å²) in [5.41, 5.74) is 4.47. The molecule has 0 rings (SSSR count). The van der Waals surface area contributed by atoms with E-state index in [9.17, 15) is 21.6 Å². The van der Waals surface area contributed by atoms with Crippen LogP contribution in [-0.2, 0) is 25.0 Å². The van der Waals surface area contributed by atoms with Gasteiger partial charge in [0.25, 0.3) is 20.2 Å². The Morgan fingerprint density at radius 1 is 1.07 bits per heavy atom. The van der Waals surface area contributed by atoms with E-state index in [1.165, 1.54) is 6.92 Å². The first-order valence-corrected chi connectivity index (χ1v) is 6.32. The molecule has 0 heterocycles. The van der Waals surface area contributed by atoms with Gasteiger partial charge in [-0.15, -0.1) is 0 Å². The van der Waals surface area contributed by atoms with Crippen LogP contribution in [0.5, 0.6) is 0 Å². The average Bonchev–Trinajstić information content (AvgIpc) is 1.79. The van der Waals surface area contributed by atoms with E-state index in [1.807, 2.05) is 0 Å². The van der Waals surface area contributed by atoms with Gasteiger partial charge in [0.2, 0.25) is 5.91 Å². The van der Waals surface area contributed by atoms with Gasteiger partial charge in [-0.2, -0.15) is 16.8 Å². The molecule has 1 amide bonds. The molecular weight excluding hydrogens is 238 g/mol. The topological polar surface area (TPSA) is 152 Å². The number of hydrogen-bond donors (Lipinski definition) is 3. The normalized spacial score (nSPS) is 11.4. The van der Waals surface area contributed by atoms with E-state index < -0.39 is 31.7 Å². The highest BCUT2D eigenvalue weighted by atomic mass is 32.2. The Morgan fingerprint density at radius 3 is 1.29 bits per heavy atom. The summed E-state index contributed by atoms with van der Waals surface area (Å²) in [6.45, 7) is 1.31. The zero-order valence-electron chi connectivity index (χ0n) is 7.24. The predicted octanol–water partition coefficient (Wildman–Crippen LogP) is -1.75. The fourth-order valence-corrected chi connectivity index (χ4v) is 1.90. The first kappa shape index (κ1) is 15.7. The molecule has 0 saturated carbocycles. The summed E-state index contributed by atoms with van der Waals surface area (Å²) in [6, 6.07) is 0. The first-order chi connectivity index (χ1) is 5.94. The zero-order chi connectivity index (χ0) is 12.0. The number of carbonyl (C=O) groups excluding carboxylic acids is 1. The van der Waals surface area contributed by atoms with Gasteiger partial charge in [0.1, 0.15) is 0 Å². The molecule has 0 aliphatic carbocycles. The molecule has 0 aliphatic heterocycles. The summed E-state index contributed by atoms with van der Waals surface area (Å²) >= 11 is 0. The molecule has 0 spiro atoms. The van der Waals surface area contributed by atoms with Gasteiger partial charge >= 0.3 is 0 Å². The minimum absolute atomic E-state index is 0.333. The third kappa shape index (κ3) is 30.2. The van der Waals surface area contributed by atoms with E-state index in [1.54, 1.807) is 0 Å². The minimum atomic E-state index is -4.30. The quantitative estimate of drug-likeness (QED) is 0.501. The largest absolute Gasteiger partial charge is 0.370 e. The summed E-state index contributed by atoms with van der Waals surface area (Å²) in [6.07, 6.45) is 0. The van der Waals surface area contributed by atoms with Crippen LogP contribution in [0.4, 0.5) is 0 Å². The van der Waals surface area contributed by atoms with Crippen molar-refractivity contribution in [3.8, 4) is 0 Å². The molecule has 0 radical (unpaired) electrons. The number of nitrogens with two attached hydrogens (primary N) is 1. The van der Waals surface area contributed by atoms with Crippen molar-refractivity contribution in [2.45, 2.75) is 6.92 Å². The fraction of sp³-hybridized carbons (Fsp3) is 0.750. The molecule has 4 N–H and O–H groups in total. The van der Waals surface area contributed by atoms with Crippen molar-refractivity contribution in [1.82, 2.24) is 0 Å². The number of amides is 1. The predicted molar refractivity (Wildman–Crippen MR) is 47.7 cm³/mol. The second kappa shape index (κ2) is 5.90. The van der Waals surface area contributed by atoms with Crippen LogP contribution in [0.15, 0.2) is 0 Å². The monoisotopic (exact) mass is 249 g/mol. The molecule has 14 heavy (non-hydrogen) atoms. The highest BCUT2D eigenvalue weighted by molar-refractivity contribution is 7.89. The van der Waals surface area contributed by atoms with Crippen LogP contribution in [0.1, 0.15) is 6.92 Å². The first-order valence-electron chi connectivity index (χ1n) is 3.10. The Morgan fingerprint density at radius 2 is 1.21 bits per heavy atom. The van der Waals surface area contributed by atoms with E-state index in [2.05, 4.69) is 5.73 Å². The summed E-state index contributed by atoms with van der Waals surface area (Å²) in [4.78, 5) is 9.22. The summed E-state index contributed by atoms with van der Waals surface area (Å²) in [5.74, 6) is -2.29. The van der Waals surface area contributed by atoms with Crippen molar-refractivity contribution in [2.24, 2.45) is 5.73 Å². The van der Waals surface area contributed by atoms with E-state index in [0.29, 0.717) is 0 Å². The van der Waals surface area contributed by atoms with E-state index >= 15 is 0 Å². The number of hydrogen-bond acceptors (Lipinski definition) is 5. The van der Waals surface area contributed by atoms with Crippen LogP contribution in [0.25, 0.3) is 0 Å². The highest BCUT2D eigenvalue weighted by Crippen LogP contribution is 1.86. The third-order valence-electron chi connectivity index (χ3n) is 0.599. The van der Waals surface area contributed by atoms with Gasteiger partial charge in [0, 0.05) is 6.92 Å². The molecule has 0 aromatic carbocycles.